The van der Waals surface area contributed by atoms with Crippen molar-refractivity contribution in [2.75, 3.05) is 18.5 Å². The van der Waals surface area contributed by atoms with Gasteiger partial charge in [0.15, 0.2) is 0 Å². The number of alkyl carbamates (subject to hydrolysis) is 1. The van der Waals surface area contributed by atoms with Crippen molar-refractivity contribution in [2.45, 2.75) is 46.6 Å². The second-order valence-corrected chi connectivity index (χ2v) is 5.36. The molecule has 1 rings (SSSR count). The summed E-state index contributed by atoms with van der Waals surface area (Å²) in [5.74, 6) is 0. The van der Waals surface area contributed by atoms with Gasteiger partial charge in [0.25, 0.3) is 0 Å². The lowest BCUT2D eigenvalue weighted by molar-refractivity contribution is 0.124. The van der Waals surface area contributed by atoms with E-state index in [9.17, 15) is 9.59 Å². The van der Waals surface area contributed by atoms with Crippen LogP contribution in [0.2, 0.25) is 0 Å². The number of carbonyl (C=O) groups is 2. The van der Waals surface area contributed by atoms with Crippen LogP contribution in [0.3, 0.4) is 0 Å². The summed E-state index contributed by atoms with van der Waals surface area (Å²) in [6.07, 6.45) is 0.370. The van der Waals surface area contributed by atoms with Crippen LogP contribution >= 0.6 is 0 Å². The van der Waals surface area contributed by atoms with Crippen LogP contribution in [0.25, 0.3) is 0 Å². The molecular weight excluding hydrogens is 296 g/mol. The summed E-state index contributed by atoms with van der Waals surface area (Å²) >= 11 is 0. The van der Waals surface area contributed by atoms with Crippen molar-refractivity contribution >= 4 is 17.9 Å². The van der Waals surface area contributed by atoms with Gasteiger partial charge >= 0.3 is 12.2 Å². The zero-order chi connectivity index (χ0) is 17.2. The molecule has 0 unspecified atom stereocenters. The molecule has 6 nitrogen and oxygen atoms in total. The predicted molar refractivity (Wildman–Crippen MR) is 89.7 cm³/mol. The minimum Gasteiger partial charge on any atom is -0.450 e. The molecule has 1 aromatic carbocycles. The van der Waals surface area contributed by atoms with Gasteiger partial charge in [-0.1, -0.05) is 26.0 Å². The smallest absolute Gasteiger partial charge is 0.411 e. The highest BCUT2D eigenvalue weighted by Gasteiger charge is 2.14. The largest absolute Gasteiger partial charge is 0.450 e. The van der Waals surface area contributed by atoms with E-state index in [1.807, 2.05) is 45.9 Å². The molecule has 0 bridgehead atoms. The van der Waals surface area contributed by atoms with Gasteiger partial charge in [0.05, 0.1) is 12.6 Å². The number of hydrogen-bond acceptors (Lipinski definition) is 4. The van der Waals surface area contributed by atoms with Crippen LogP contribution < -0.4 is 10.6 Å². The predicted octanol–water partition coefficient (Wildman–Crippen LogP) is 3.77. The molecule has 128 valence electrons. The Balaban J connectivity index is 2.44. The minimum absolute atomic E-state index is 0.0917. The van der Waals surface area contributed by atoms with Gasteiger partial charge in [-0.3, -0.25) is 5.32 Å². The van der Waals surface area contributed by atoms with E-state index < -0.39 is 12.2 Å². The maximum absolute atomic E-state index is 11.9. The molecule has 1 aromatic rings. The van der Waals surface area contributed by atoms with Gasteiger partial charge in [-0.2, -0.15) is 0 Å². The average molecular weight is 322 g/mol. The number of benzene rings is 1. The number of nitrogens with one attached hydrogen (secondary N) is 2. The summed E-state index contributed by atoms with van der Waals surface area (Å²) in [4.78, 5) is 23.4. The zero-order valence-electron chi connectivity index (χ0n) is 14.3. The van der Waals surface area contributed by atoms with E-state index in [0.717, 1.165) is 23.2 Å². The first kappa shape index (κ1) is 18.8. The van der Waals surface area contributed by atoms with Crippen LogP contribution in [0.1, 0.15) is 37.8 Å². The molecule has 0 radical (unpaired) electrons. The first-order chi connectivity index (χ1) is 11.0. The molecule has 0 aromatic heterocycles. The number of amides is 2. The molecule has 0 saturated carbocycles. The number of ether oxygens (including phenoxy) is 2. The Morgan fingerprint density at radius 1 is 1.13 bits per heavy atom. The lowest BCUT2D eigenvalue weighted by Crippen LogP contribution is -2.39. The fraction of sp³-hybridized carbons (Fsp3) is 0.529. The minimum atomic E-state index is -0.541. The fourth-order valence-corrected chi connectivity index (χ4v) is 1.87. The SMILES string of the molecule is CCCOC(=O)N[C@H](CC)COC(=O)Nc1cccc(C)c1C. The van der Waals surface area contributed by atoms with E-state index in [1.54, 1.807) is 0 Å². The number of aryl methyl sites for hydroxylation is 1. The third-order valence-corrected chi connectivity index (χ3v) is 3.51. The molecule has 0 saturated heterocycles. The van der Waals surface area contributed by atoms with Crippen molar-refractivity contribution in [3.05, 3.63) is 29.3 Å². The third-order valence-electron chi connectivity index (χ3n) is 3.51. The molecule has 0 aliphatic rings. The van der Waals surface area contributed by atoms with E-state index in [0.29, 0.717) is 13.0 Å². The summed E-state index contributed by atoms with van der Waals surface area (Å²) in [6, 6.07) is 5.40. The molecular formula is C17H26N2O4. The van der Waals surface area contributed by atoms with E-state index in [4.69, 9.17) is 9.47 Å². The van der Waals surface area contributed by atoms with Gasteiger partial charge in [-0.15, -0.1) is 0 Å². The highest BCUT2D eigenvalue weighted by atomic mass is 16.6. The standard InChI is InChI=1S/C17H26N2O4/c1-5-10-22-16(20)18-14(6-2)11-23-17(21)19-15-9-7-8-12(3)13(15)4/h7-9,14H,5-6,10-11H2,1-4H3,(H,18,20)(H,19,21)/t14-/m1/s1. The molecule has 2 amide bonds. The molecule has 1 atom stereocenters. The molecule has 0 spiro atoms. The van der Waals surface area contributed by atoms with Crippen LogP contribution in [0.4, 0.5) is 15.3 Å². The van der Waals surface area contributed by atoms with Gasteiger partial charge in [0, 0.05) is 5.69 Å². The zero-order valence-corrected chi connectivity index (χ0v) is 14.3. The number of rotatable bonds is 7. The van der Waals surface area contributed by atoms with Crippen molar-refractivity contribution in [3.8, 4) is 0 Å². The molecule has 2 N–H and O–H groups in total. The molecule has 6 heteroatoms. The molecule has 23 heavy (non-hydrogen) atoms. The first-order valence-electron chi connectivity index (χ1n) is 7.91. The second kappa shape index (κ2) is 9.71. The van der Waals surface area contributed by atoms with Crippen LogP contribution in [0, 0.1) is 13.8 Å². The van der Waals surface area contributed by atoms with Crippen LogP contribution in [0.5, 0.6) is 0 Å². The number of carbonyl (C=O) groups excluding carboxylic acids is 2. The Labute approximate surface area is 137 Å². The highest BCUT2D eigenvalue weighted by Crippen LogP contribution is 2.18. The molecule has 0 aliphatic carbocycles. The second-order valence-electron chi connectivity index (χ2n) is 5.36. The Morgan fingerprint density at radius 3 is 2.52 bits per heavy atom. The van der Waals surface area contributed by atoms with Gasteiger partial charge < -0.3 is 14.8 Å². The third kappa shape index (κ3) is 6.59. The van der Waals surface area contributed by atoms with Gasteiger partial charge in [0.1, 0.15) is 6.61 Å². The van der Waals surface area contributed by atoms with E-state index in [2.05, 4.69) is 10.6 Å². The quantitative estimate of drug-likeness (QED) is 0.801. The number of anilines is 1. The van der Waals surface area contributed by atoms with Crippen LogP contribution in [-0.2, 0) is 9.47 Å². The van der Waals surface area contributed by atoms with Gasteiger partial charge in [-0.05, 0) is 43.9 Å². The van der Waals surface area contributed by atoms with Crippen molar-refractivity contribution < 1.29 is 19.1 Å². The molecule has 0 fully saturated rings. The summed E-state index contributed by atoms with van der Waals surface area (Å²) in [6.45, 7) is 8.20. The highest BCUT2D eigenvalue weighted by molar-refractivity contribution is 5.85. The summed E-state index contributed by atoms with van der Waals surface area (Å²) in [7, 11) is 0. The Bertz CT molecular complexity index is 531. The normalized spacial score (nSPS) is 11.5. The molecule has 0 heterocycles. The summed E-state index contributed by atoms with van der Waals surface area (Å²) < 4.78 is 10.1. The van der Waals surface area contributed by atoms with Crippen molar-refractivity contribution in [3.63, 3.8) is 0 Å². The Kier molecular flexibility index (Phi) is 7.94. The number of hydrogen-bond donors (Lipinski definition) is 2. The maximum Gasteiger partial charge on any atom is 0.411 e. The van der Waals surface area contributed by atoms with E-state index in [1.165, 1.54) is 0 Å². The molecule has 0 aliphatic heterocycles. The van der Waals surface area contributed by atoms with Crippen molar-refractivity contribution in [2.24, 2.45) is 0 Å². The average Bonchev–Trinajstić information content (AvgIpc) is 2.53. The van der Waals surface area contributed by atoms with Crippen LogP contribution in [-0.4, -0.2) is 31.4 Å². The topological polar surface area (TPSA) is 76.7 Å². The van der Waals surface area contributed by atoms with Gasteiger partial charge in [0.2, 0.25) is 0 Å². The maximum atomic E-state index is 11.9. The van der Waals surface area contributed by atoms with Crippen molar-refractivity contribution in [1.29, 1.82) is 0 Å². The van der Waals surface area contributed by atoms with Crippen LogP contribution in [0.15, 0.2) is 18.2 Å². The summed E-state index contributed by atoms with van der Waals surface area (Å²) in [5.41, 5.74) is 2.81. The van der Waals surface area contributed by atoms with Gasteiger partial charge in [-0.25, -0.2) is 9.59 Å². The van der Waals surface area contributed by atoms with E-state index >= 15 is 0 Å². The van der Waals surface area contributed by atoms with Crippen molar-refractivity contribution in [1.82, 2.24) is 5.32 Å². The monoisotopic (exact) mass is 322 g/mol. The Hall–Kier alpha value is -2.24. The lowest BCUT2D eigenvalue weighted by Gasteiger charge is -2.17. The Morgan fingerprint density at radius 2 is 1.87 bits per heavy atom. The lowest BCUT2D eigenvalue weighted by atomic mass is 10.1. The van der Waals surface area contributed by atoms with E-state index in [-0.39, 0.29) is 12.6 Å². The first-order valence-corrected chi connectivity index (χ1v) is 7.91. The fourth-order valence-electron chi connectivity index (χ4n) is 1.87. The summed E-state index contributed by atoms with van der Waals surface area (Å²) in [5, 5.41) is 5.39.